The van der Waals surface area contributed by atoms with Gasteiger partial charge in [-0.2, -0.15) is 0 Å². The zero-order chi connectivity index (χ0) is 14.6. The minimum Gasteiger partial charge on any atom is -0.508 e. The van der Waals surface area contributed by atoms with Crippen LogP contribution in [0, 0.1) is 10.8 Å². The lowest BCUT2D eigenvalue weighted by molar-refractivity contribution is 0.0141. The first-order chi connectivity index (χ1) is 9.51. The minimum atomic E-state index is 0.252. The second-order valence-electron chi connectivity index (χ2n) is 7.28. The van der Waals surface area contributed by atoms with E-state index in [2.05, 4.69) is 26.8 Å². The third-order valence-corrected chi connectivity index (χ3v) is 5.60. The van der Waals surface area contributed by atoms with Crippen LogP contribution in [0.1, 0.15) is 71.3 Å². The second-order valence-corrected chi connectivity index (χ2v) is 7.28. The van der Waals surface area contributed by atoms with Crippen molar-refractivity contribution in [3.63, 3.8) is 0 Å². The Bertz CT molecular complexity index is 422. The van der Waals surface area contributed by atoms with Gasteiger partial charge in [-0.1, -0.05) is 64.7 Å². The molecule has 1 aliphatic carbocycles. The Kier molecular flexibility index (Phi) is 4.78. The predicted octanol–water partition coefficient (Wildman–Crippen LogP) is 5.71. The number of phenols is 1. The molecular weight excluding hydrogens is 244 g/mol. The van der Waals surface area contributed by atoms with Crippen molar-refractivity contribution in [3.05, 3.63) is 29.8 Å². The van der Waals surface area contributed by atoms with Crippen LogP contribution in [0.15, 0.2) is 24.3 Å². The molecule has 0 spiro atoms. The van der Waals surface area contributed by atoms with Crippen LogP contribution in [-0.2, 0) is 6.42 Å². The molecule has 1 saturated carbocycles. The molecule has 0 saturated heterocycles. The molecule has 1 aliphatic rings. The Morgan fingerprint density at radius 3 is 2.35 bits per heavy atom. The highest BCUT2D eigenvalue weighted by molar-refractivity contribution is 5.33. The van der Waals surface area contributed by atoms with Gasteiger partial charge < -0.3 is 5.11 Å². The molecule has 112 valence electrons. The Hall–Kier alpha value is -0.980. The average molecular weight is 274 g/mol. The van der Waals surface area contributed by atoms with Gasteiger partial charge in [-0.05, 0) is 48.1 Å². The van der Waals surface area contributed by atoms with Gasteiger partial charge in [0.05, 0.1) is 0 Å². The van der Waals surface area contributed by atoms with Crippen LogP contribution < -0.4 is 0 Å². The summed E-state index contributed by atoms with van der Waals surface area (Å²) in [6.07, 6.45) is 10.5. The topological polar surface area (TPSA) is 20.2 Å². The first-order valence-corrected chi connectivity index (χ1v) is 8.28. The predicted molar refractivity (Wildman–Crippen MR) is 86.0 cm³/mol. The third-order valence-electron chi connectivity index (χ3n) is 5.60. The number of hydrogen-bond acceptors (Lipinski definition) is 1. The molecule has 0 amide bonds. The van der Waals surface area contributed by atoms with E-state index in [-0.39, 0.29) is 5.41 Å². The van der Waals surface area contributed by atoms with Crippen LogP contribution in [-0.4, -0.2) is 5.11 Å². The summed E-state index contributed by atoms with van der Waals surface area (Å²) in [4.78, 5) is 0. The molecule has 0 bridgehead atoms. The zero-order valence-corrected chi connectivity index (χ0v) is 13.4. The van der Waals surface area contributed by atoms with E-state index in [1.807, 2.05) is 18.2 Å². The number of phenolic OH excluding ortho intramolecular Hbond substituents is 1. The van der Waals surface area contributed by atoms with E-state index in [0.717, 1.165) is 12.0 Å². The van der Waals surface area contributed by atoms with Gasteiger partial charge in [0.25, 0.3) is 0 Å². The molecule has 1 aromatic rings. The van der Waals surface area contributed by atoms with E-state index >= 15 is 0 Å². The standard InChI is InChI=1S/C19H30O/c1-4-12-19(13-8-5-9-14-19)18(2,3)15-16-10-6-7-11-17(16)20/h6-7,10-11,20H,4-5,8-9,12-15H2,1-3H3. The molecule has 1 heteroatoms. The van der Waals surface area contributed by atoms with Gasteiger partial charge in [0.2, 0.25) is 0 Å². The van der Waals surface area contributed by atoms with Crippen LogP contribution in [0.3, 0.4) is 0 Å². The molecule has 1 nitrogen and oxygen atoms in total. The summed E-state index contributed by atoms with van der Waals surface area (Å²) in [5.74, 6) is 0.461. The van der Waals surface area contributed by atoms with Crippen molar-refractivity contribution in [1.82, 2.24) is 0 Å². The summed E-state index contributed by atoms with van der Waals surface area (Å²) in [7, 11) is 0. The van der Waals surface area contributed by atoms with Gasteiger partial charge in [-0.15, -0.1) is 0 Å². The fourth-order valence-electron chi connectivity index (χ4n) is 4.30. The quantitative estimate of drug-likeness (QED) is 0.729. The SMILES string of the molecule is CCCC1(C(C)(C)Cc2ccccc2O)CCCCC1. The van der Waals surface area contributed by atoms with Crippen molar-refractivity contribution in [3.8, 4) is 5.75 Å². The smallest absolute Gasteiger partial charge is 0.118 e. The maximum atomic E-state index is 10.1. The second kappa shape index (κ2) is 6.20. The van der Waals surface area contributed by atoms with E-state index in [1.54, 1.807) is 0 Å². The molecule has 1 N–H and O–H groups in total. The van der Waals surface area contributed by atoms with E-state index in [1.165, 1.54) is 44.9 Å². The molecule has 1 aromatic carbocycles. The van der Waals surface area contributed by atoms with Crippen LogP contribution >= 0.6 is 0 Å². The highest BCUT2D eigenvalue weighted by atomic mass is 16.3. The van der Waals surface area contributed by atoms with Gasteiger partial charge in [0.15, 0.2) is 0 Å². The van der Waals surface area contributed by atoms with Crippen LogP contribution in [0.2, 0.25) is 0 Å². The molecule has 0 unspecified atom stereocenters. The summed E-state index contributed by atoms with van der Waals surface area (Å²) >= 11 is 0. The van der Waals surface area contributed by atoms with E-state index in [9.17, 15) is 5.11 Å². The number of hydrogen-bond donors (Lipinski definition) is 1. The fraction of sp³-hybridized carbons (Fsp3) is 0.684. The molecular formula is C19H30O. The summed E-state index contributed by atoms with van der Waals surface area (Å²) < 4.78 is 0. The zero-order valence-electron chi connectivity index (χ0n) is 13.4. The number of aromatic hydroxyl groups is 1. The molecule has 2 rings (SSSR count). The summed E-state index contributed by atoms with van der Waals surface area (Å²) in [6, 6.07) is 7.85. The van der Waals surface area contributed by atoms with Crippen molar-refractivity contribution >= 4 is 0 Å². The van der Waals surface area contributed by atoms with Gasteiger partial charge in [-0.3, -0.25) is 0 Å². The Labute approximate surface area is 124 Å². The average Bonchev–Trinajstić information content (AvgIpc) is 2.42. The molecule has 0 radical (unpaired) electrons. The Balaban J connectivity index is 2.24. The van der Waals surface area contributed by atoms with Crippen LogP contribution in [0.4, 0.5) is 0 Å². The largest absolute Gasteiger partial charge is 0.508 e. The molecule has 0 aliphatic heterocycles. The lowest BCUT2D eigenvalue weighted by Gasteiger charge is -2.50. The monoisotopic (exact) mass is 274 g/mol. The van der Waals surface area contributed by atoms with Gasteiger partial charge >= 0.3 is 0 Å². The summed E-state index contributed by atoms with van der Waals surface area (Å²) in [6.45, 7) is 7.15. The van der Waals surface area contributed by atoms with Crippen molar-refractivity contribution in [2.75, 3.05) is 0 Å². The summed E-state index contributed by atoms with van der Waals surface area (Å²) in [5, 5.41) is 10.1. The fourth-order valence-corrected chi connectivity index (χ4v) is 4.30. The van der Waals surface area contributed by atoms with Crippen LogP contribution in [0.25, 0.3) is 0 Å². The summed E-state index contributed by atoms with van der Waals surface area (Å²) in [5.41, 5.74) is 1.82. The number of benzene rings is 1. The minimum absolute atomic E-state index is 0.252. The lowest BCUT2D eigenvalue weighted by Crippen LogP contribution is -2.41. The van der Waals surface area contributed by atoms with Crippen molar-refractivity contribution in [2.24, 2.45) is 10.8 Å². The van der Waals surface area contributed by atoms with Gasteiger partial charge in [0.1, 0.15) is 5.75 Å². The molecule has 0 aromatic heterocycles. The maximum absolute atomic E-state index is 10.1. The maximum Gasteiger partial charge on any atom is 0.118 e. The molecule has 0 heterocycles. The Morgan fingerprint density at radius 2 is 1.75 bits per heavy atom. The lowest BCUT2D eigenvalue weighted by atomic mass is 9.55. The van der Waals surface area contributed by atoms with Gasteiger partial charge in [0, 0.05) is 0 Å². The first kappa shape index (κ1) is 15.4. The first-order valence-electron chi connectivity index (χ1n) is 8.28. The third kappa shape index (κ3) is 3.02. The highest BCUT2D eigenvalue weighted by Gasteiger charge is 2.44. The van der Waals surface area contributed by atoms with Crippen LogP contribution in [0.5, 0.6) is 5.75 Å². The van der Waals surface area contributed by atoms with Crippen molar-refractivity contribution < 1.29 is 5.11 Å². The number of rotatable bonds is 5. The molecule has 1 fully saturated rings. The highest BCUT2D eigenvalue weighted by Crippen LogP contribution is 2.54. The molecule has 0 atom stereocenters. The number of para-hydroxylation sites is 1. The van der Waals surface area contributed by atoms with E-state index in [0.29, 0.717) is 11.2 Å². The van der Waals surface area contributed by atoms with Crippen molar-refractivity contribution in [2.45, 2.75) is 72.1 Å². The Morgan fingerprint density at radius 1 is 1.10 bits per heavy atom. The normalized spacial score (nSPS) is 18.9. The van der Waals surface area contributed by atoms with Crippen molar-refractivity contribution in [1.29, 1.82) is 0 Å². The van der Waals surface area contributed by atoms with E-state index < -0.39 is 0 Å². The van der Waals surface area contributed by atoms with Gasteiger partial charge in [-0.25, -0.2) is 0 Å². The van der Waals surface area contributed by atoms with E-state index in [4.69, 9.17) is 0 Å². The molecule has 20 heavy (non-hydrogen) atoms.